The molecule has 0 aliphatic carbocycles. The number of rotatable bonds is 3. The number of para-hydroxylation sites is 1. The number of nitrogens with one attached hydrogen (secondary N) is 1. The molecule has 2 aromatic carbocycles. The summed E-state index contributed by atoms with van der Waals surface area (Å²) in [7, 11) is 0. The number of fused-ring (bicyclic) bond motifs is 1. The van der Waals surface area contributed by atoms with Crippen molar-refractivity contribution in [2.45, 2.75) is 13.8 Å². The summed E-state index contributed by atoms with van der Waals surface area (Å²) in [5.41, 5.74) is 5.44. The molecule has 2 amide bonds. The zero-order valence-corrected chi connectivity index (χ0v) is 18.1. The van der Waals surface area contributed by atoms with Crippen molar-refractivity contribution in [3.05, 3.63) is 65.4 Å². The molecule has 0 unspecified atom stereocenters. The molecule has 3 aromatic rings. The van der Waals surface area contributed by atoms with E-state index in [0.29, 0.717) is 18.7 Å². The van der Waals surface area contributed by atoms with Crippen LogP contribution < -0.4 is 4.90 Å². The van der Waals surface area contributed by atoms with E-state index in [9.17, 15) is 9.59 Å². The van der Waals surface area contributed by atoms with Gasteiger partial charge in [0.05, 0.1) is 11.5 Å². The fourth-order valence-electron chi connectivity index (χ4n) is 4.71. The normalized spacial score (nSPS) is 17.2. The maximum atomic E-state index is 13.0. The molecule has 5 rings (SSSR count). The first kappa shape index (κ1) is 19.7. The third-order valence-corrected chi connectivity index (χ3v) is 6.63. The molecular formula is C25H28N4O2. The van der Waals surface area contributed by atoms with Crippen LogP contribution in [0.3, 0.4) is 0 Å². The molecule has 160 valence electrons. The summed E-state index contributed by atoms with van der Waals surface area (Å²) in [6, 6.07) is 14.3. The van der Waals surface area contributed by atoms with E-state index in [-0.39, 0.29) is 17.7 Å². The van der Waals surface area contributed by atoms with Crippen molar-refractivity contribution >= 4 is 28.4 Å². The van der Waals surface area contributed by atoms with Crippen LogP contribution in [0, 0.1) is 19.8 Å². The van der Waals surface area contributed by atoms with Crippen LogP contribution >= 0.6 is 0 Å². The van der Waals surface area contributed by atoms with Crippen molar-refractivity contribution < 1.29 is 9.59 Å². The van der Waals surface area contributed by atoms with Gasteiger partial charge < -0.3 is 19.7 Å². The van der Waals surface area contributed by atoms with Gasteiger partial charge in [-0.15, -0.1) is 0 Å². The number of carbonyl (C=O) groups is 2. The van der Waals surface area contributed by atoms with Crippen molar-refractivity contribution in [1.82, 2.24) is 14.8 Å². The molecule has 3 heterocycles. The Hall–Kier alpha value is -3.28. The van der Waals surface area contributed by atoms with Gasteiger partial charge in [0.1, 0.15) is 0 Å². The third-order valence-electron chi connectivity index (χ3n) is 6.63. The quantitative estimate of drug-likeness (QED) is 0.713. The van der Waals surface area contributed by atoms with Gasteiger partial charge in [0, 0.05) is 62.1 Å². The summed E-state index contributed by atoms with van der Waals surface area (Å²) in [5, 5.41) is 0.935. The van der Waals surface area contributed by atoms with Gasteiger partial charge in [-0.2, -0.15) is 0 Å². The minimum Gasteiger partial charge on any atom is -0.368 e. The minimum atomic E-state index is -0.0820. The van der Waals surface area contributed by atoms with Crippen LogP contribution in [0.5, 0.6) is 0 Å². The number of hydrogen-bond acceptors (Lipinski definition) is 3. The fraction of sp³-hybridized carbons (Fsp3) is 0.360. The maximum absolute atomic E-state index is 13.0. The Labute approximate surface area is 182 Å². The fourth-order valence-corrected chi connectivity index (χ4v) is 4.71. The molecule has 0 atom stereocenters. The predicted octanol–water partition coefficient (Wildman–Crippen LogP) is 3.21. The van der Waals surface area contributed by atoms with E-state index < -0.39 is 0 Å². The number of H-pyrrole nitrogens is 1. The van der Waals surface area contributed by atoms with Crippen molar-refractivity contribution in [1.29, 1.82) is 0 Å². The SMILES string of the molecule is Cc1ccc(C)c(N2CCN(C(=O)C3CN(C(=O)c4c[nH]c5ccccc45)C3)CC2)c1. The van der Waals surface area contributed by atoms with Gasteiger partial charge in [-0.25, -0.2) is 0 Å². The highest BCUT2D eigenvalue weighted by atomic mass is 16.2. The first-order chi connectivity index (χ1) is 15.0. The van der Waals surface area contributed by atoms with E-state index >= 15 is 0 Å². The average molecular weight is 417 g/mol. The Morgan fingerprint density at radius 2 is 1.68 bits per heavy atom. The number of hydrogen-bond donors (Lipinski definition) is 1. The second-order valence-corrected chi connectivity index (χ2v) is 8.76. The predicted molar refractivity (Wildman–Crippen MR) is 122 cm³/mol. The number of aryl methyl sites for hydroxylation is 2. The largest absolute Gasteiger partial charge is 0.368 e. The van der Waals surface area contributed by atoms with E-state index in [1.165, 1.54) is 16.8 Å². The van der Waals surface area contributed by atoms with E-state index in [1.807, 2.05) is 29.2 Å². The molecule has 0 radical (unpaired) electrons. The number of amides is 2. The molecule has 0 bridgehead atoms. The standard InChI is InChI=1S/C25H28N4O2/c1-17-7-8-18(2)23(13-17)27-9-11-28(12-10-27)24(30)19-15-29(16-19)25(31)21-14-26-22-6-4-3-5-20(21)22/h3-8,13-14,19,26H,9-12,15-16H2,1-2H3. The lowest BCUT2D eigenvalue weighted by atomic mass is 9.96. The lowest BCUT2D eigenvalue weighted by Crippen LogP contribution is -2.59. The number of aromatic nitrogens is 1. The van der Waals surface area contributed by atoms with Crippen LogP contribution in [0.25, 0.3) is 10.9 Å². The minimum absolute atomic E-state index is 0.00115. The molecule has 2 aliphatic rings. The van der Waals surface area contributed by atoms with Gasteiger partial charge in [-0.05, 0) is 37.1 Å². The summed E-state index contributed by atoms with van der Waals surface area (Å²) in [4.78, 5) is 35.1. The molecule has 2 saturated heterocycles. The zero-order valence-electron chi connectivity index (χ0n) is 18.1. The third kappa shape index (κ3) is 3.56. The van der Waals surface area contributed by atoms with Crippen LogP contribution in [-0.4, -0.2) is 65.9 Å². The average Bonchev–Trinajstić information content (AvgIpc) is 3.18. The Balaban J connectivity index is 1.17. The number of nitrogens with zero attached hydrogens (tertiary/aromatic N) is 3. The van der Waals surface area contributed by atoms with Gasteiger partial charge in [0.25, 0.3) is 5.91 Å². The van der Waals surface area contributed by atoms with Crippen LogP contribution in [0.4, 0.5) is 5.69 Å². The number of benzene rings is 2. The van der Waals surface area contributed by atoms with E-state index in [4.69, 9.17) is 0 Å². The smallest absolute Gasteiger partial charge is 0.256 e. The summed E-state index contributed by atoms with van der Waals surface area (Å²) in [5.74, 6) is 0.103. The summed E-state index contributed by atoms with van der Waals surface area (Å²) in [6.45, 7) is 8.44. The Morgan fingerprint density at radius 3 is 2.45 bits per heavy atom. The molecule has 0 spiro atoms. The Bertz CT molecular complexity index is 1140. The molecule has 6 heteroatoms. The zero-order chi connectivity index (χ0) is 21.5. The first-order valence-corrected chi connectivity index (χ1v) is 11.0. The molecular weight excluding hydrogens is 388 g/mol. The van der Waals surface area contributed by atoms with Crippen molar-refractivity contribution in [3.63, 3.8) is 0 Å². The molecule has 6 nitrogen and oxygen atoms in total. The van der Waals surface area contributed by atoms with Crippen LogP contribution in [0.2, 0.25) is 0 Å². The van der Waals surface area contributed by atoms with Crippen molar-refractivity contribution in [2.24, 2.45) is 5.92 Å². The van der Waals surface area contributed by atoms with Gasteiger partial charge in [-0.1, -0.05) is 30.3 Å². The lowest BCUT2D eigenvalue weighted by molar-refractivity contribution is -0.140. The van der Waals surface area contributed by atoms with Gasteiger partial charge >= 0.3 is 0 Å². The molecule has 2 fully saturated rings. The number of anilines is 1. The Kier molecular flexibility index (Phi) is 4.93. The highest BCUT2D eigenvalue weighted by Crippen LogP contribution is 2.27. The highest BCUT2D eigenvalue weighted by Gasteiger charge is 2.39. The second-order valence-electron chi connectivity index (χ2n) is 8.76. The number of piperazine rings is 1. The van der Waals surface area contributed by atoms with Crippen molar-refractivity contribution in [2.75, 3.05) is 44.2 Å². The Morgan fingerprint density at radius 1 is 0.935 bits per heavy atom. The number of aromatic amines is 1. The van der Waals surface area contributed by atoms with Crippen LogP contribution in [0.1, 0.15) is 21.5 Å². The van der Waals surface area contributed by atoms with Crippen molar-refractivity contribution in [3.8, 4) is 0 Å². The number of likely N-dealkylation sites (tertiary alicyclic amines) is 1. The lowest BCUT2D eigenvalue weighted by Gasteiger charge is -2.43. The molecule has 31 heavy (non-hydrogen) atoms. The highest BCUT2D eigenvalue weighted by molar-refractivity contribution is 6.07. The second kappa shape index (κ2) is 7.76. The van der Waals surface area contributed by atoms with Crippen LogP contribution in [-0.2, 0) is 4.79 Å². The molecule has 2 aliphatic heterocycles. The maximum Gasteiger partial charge on any atom is 0.256 e. The monoisotopic (exact) mass is 416 g/mol. The summed E-state index contributed by atoms with van der Waals surface area (Å²) in [6.07, 6.45) is 1.77. The topological polar surface area (TPSA) is 59.6 Å². The first-order valence-electron chi connectivity index (χ1n) is 11.0. The molecule has 1 aromatic heterocycles. The summed E-state index contributed by atoms with van der Waals surface area (Å²) >= 11 is 0. The van der Waals surface area contributed by atoms with Gasteiger partial charge in [0.15, 0.2) is 0 Å². The molecule has 0 saturated carbocycles. The van der Waals surface area contributed by atoms with E-state index in [0.717, 1.165) is 37.1 Å². The molecule has 1 N–H and O–H groups in total. The number of carbonyl (C=O) groups excluding carboxylic acids is 2. The summed E-state index contributed by atoms with van der Waals surface area (Å²) < 4.78 is 0. The van der Waals surface area contributed by atoms with Gasteiger partial charge in [0.2, 0.25) is 5.91 Å². The van der Waals surface area contributed by atoms with E-state index in [2.05, 4.69) is 41.9 Å². The van der Waals surface area contributed by atoms with Crippen LogP contribution in [0.15, 0.2) is 48.7 Å². The van der Waals surface area contributed by atoms with Gasteiger partial charge in [-0.3, -0.25) is 9.59 Å². The van der Waals surface area contributed by atoms with E-state index in [1.54, 1.807) is 11.1 Å².